The van der Waals surface area contributed by atoms with Gasteiger partial charge in [-0.1, -0.05) is 29.8 Å². The monoisotopic (exact) mass is 473 g/mol. The first kappa shape index (κ1) is 22.9. The van der Waals surface area contributed by atoms with Crippen molar-refractivity contribution >= 4 is 23.5 Å². The summed E-state index contributed by atoms with van der Waals surface area (Å²) in [5.41, 5.74) is 2.86. The van der Waals surface area contributed by atoms with E-state index in [0.717, 1.165) is 16.8 Å². The third-order valence-electron chi connectivity index (χ3n) is 5.10. The van der Waals surface area contributed by atoms with Crippen molar-refractivity contribution in [1.82, 2.24) is 15.3 Å². The number of halogens is 1. The fourth-order valence-corrected chi connectivity index (χ4v) is 3.44. The van der Waals surface area contributed by atoms with Crippen LogP contribution >= 0.6 is 11.6 Å². The number of carbonyl (C=O) groups excluding carboxylic acids is 1. The summed E-state index contributed by atoms with van der Waals surface area (Å²) in [5, 5.41) is 12.2. The van der Waals surface area contributed by atoms with Crippen LogP contribution in [0.5, 0.6) is 11.6 Å². The van der Waals surface area contributed by atoms with Crippen molar-refractivity contribution in [3.05, 3.63) is 107 Å². The highest BCUT2D eigenvalue weighted by Gasteiger charge is 2.19. The van der Waals surface area contributed by atoms with E-state index in [1.165, 1.54) is 24.4 Å². The van der Waals surface area contributed by atoms with E-state index in [1.807, 2.05) is 30.3 Å². The van der Waals surface area contributed by atoms with Crippen molar-refractivity contribution in [3.8, 4) is 22.9 Å². The van der Waals surface area contributed by atoms with Crippen LogP contribution in [0.15, 0.2) is 85.2 Å². The Kier molecular flexibility index (Phi) is 6.85. The summed E-state index contributed by atoms with van der Waals surface area (Å²) in [6.07, 6.45) is 3.13. The lowest BCUT2D eigenvalue weighted by atomic mass is 10.1. The Hall–Kier alpha value is -4.23. The summed E-state index contributed by atoms with van der Waals surface area (Å²) >= 11 is 6.09. The number of carboxylic acid groups (broad SMARTS) is 1. The van der Waals surface area contributed by atoms with Crippen molar-refractivity contribution < 1.29 is 19.4 Å². The fourth-order valence-electron chi connectivity index (χ4n) is 3.28. The minimum atomic E-state index is -1.01. The lowest BCUT2D eigenvalue weighted by Crippen LogP contribution is -2.27. The Morgan fingerprint density at radius 2 is 1.74 bits per heavy atom. The van der Waals surface area contributed by atoms with E-state index in [2.05, 4.69) is 15.3 Å². The smallest absolute Gasteiger partial charge is 0.335 e. The summed E-state index contributed by atoms with van der Waals surface area (Å²) in [6, 6.07) is 20.4. The Morgan fingerprint density at radius 1 is 1.00 bits per heavy atom. The SMILES string of the molecule is C[C@H](NC(=O)c1cc(Cl)cnc1Oc1ccc(-c2ccccn2)cc1)c1ccc(C(=O)O)cc1. The maximum absolute atomic E-state index is 13.0. The maximum atomic E-state index is 13.0. The Labute approximate surface area is 201 Å². The molecule has 0 aliphatic rings. The molecule has 0 saturated carbocycles. The predicted molar refractivity (Wildman–Crippen MR) is 128 cm³/mol. The lowest BCUT2D eigenvalue weighted by Gasteiger charge is -2.16. The number of pyridine rings is 2. The number of hydrogen-bond acceptors (Lipinski definition) is 5. The summed E-state index contributed by atoms with van der Waals surface area (Å²) in [5.74, 6) is -0.824. The molecule has 0 radical (unpaired) electrons. The van der Waals surface area contributed by atoms with Gasteiger partial charge in [0.05, 0.1) is 22.3 Å². The zero-order chi connectivity index (χ0) is 24.1. The van der Waals surface area contributed by atoms with Gasteiger partial charge in [-0.15, -0.1) is 0 Å². The lowest BCUT2D eigenvalue weighted by molar-refractivity contribution is 0.0696. The molecule has 0 unspecified atom stereocenters. The van der Waals surface area contributed by atoms with Crippen molar-refractivity contribution in [1.29, 1.82) is 0 Å². The molecule has 2 heterocycles. The number of ether oxygens (including phenoxy) is 1. The maximum Gasteiger partial charge on any atom is 0.335 e. The highest BCUT2D eigenvalue weighted by Crippen LogP contribution is 2.28. The van der Waals surface area contributed by atoms with Crippen molar-refractivity contribution in [2.45, 2.75) is 13.0 Å². The van der Waals surface area contributed by atoms with E-state index in [1.54, 1.807) is 37.4 Å². The molecule has 2 N–H and O–H groups in total. The average molecular weight is 474 g/mol. The molecule has 1 atom stereocenters. The third kappa shape index (κ3) is 5.39. The van der Waals surface area contributed by atoms with Gasteiger partial charge in [0.1, 0.15) is 11.3 Å². The van der Waals surface area contributed by atoms with Gasteiger partial charge in [-0.3, -0.25) is 9.78 Å². The first-order valence-electron chi connectivity index (χ1n) is 10.4. The Bertz CT molecular complexity index is 1310. The number of rotatable bonds is 7. The van der Waals surface area contributed by atoms with Crippen LogP contribution in [0.25, 0.3) is 11.3 Å². The van der Waals surface area contributed by atoms with Crippen LogP contribution in [-0.4, -0.2) is 27.0 Å². The minimum absolute atomic E-state index is 0.112. The quantitative estimate of drug-likeness (QED) is 0.353. The molecule has 4 rings (SSSR count). The summed E-state index contributed by atoms with van der Waals surface area (Å²) in [4.78, 5) is 32.6. The standard InChI is InChI=1S/C26H20ClN3O4/c1-16(17-5-7-19(8-6-17)26(32)33)30-24(31)22-14-20(27)15-29-25(22)34-21-11-9-18(10-12-21)23-4-2-3-13-28-23/h2-16H,1H3,(H,30,31)(H,32,33)/t16-/m0/s1. The van der Waals surface area contributed by atoms with Gasteiger partial charge in [0.25, 0.3) is 5.91 Å². The van der Waals surface area contributed by atoms with Crippen LogP contribution in [0.1, 0.15) is 39.2 Å². The van der Waals surface area contributed by atoms with Crippen molar-refractivity contribution in [2.24, 2.45) is 0 Å². The molecule has 7 nitrogen and oxygen atoms in total. The van der Waals surface area contributed by atoms with Crippen molar-refractivity contribution in [3.63, 3.8) is 0 Å². The van der Waals surface area contributed by atoms with Gasteiger partial charge in [-0.05, 0) is 67.1 Å². The second-order valence-corrected chi connectivity index (χ2v) is 7.91. The number of nitrogens with one attached hydrogen (secondary N) is 1. The molecule has 2 aromatic heterocycles. The highest BCUT2D eigenvalue weighted by molar-refractivity contribution is 6.30. The molecule has 170 valence electrons. The topological polar surface area (TPSA) is 101 Å². The van der Waals surface area contributed by atoms with Gasteiger partial charge in [0, 0.05) is 18.0 Å². The number of aromatic nitrogens is 2. The van der Waals surface area contributed by atoms with E-state index in [0.29, 0.717) is 10.8 Å². The molecule has 0 bridgehead atoms. The summed E-state index contributed by atoms with van der Waals surface area (Å²) in [7, 11) is 0. The number of nitrogens with zero attached hydrogens (tertiary/aromatic N) is 2. The molecule has 2 aromatic carbocycles. The molecule has 4 aromatic rings. The molecule has 0 fully saturated rings. The van der Waals surface area contributed by atoms with Crippen LogP contribution in [0, 0.1) is 0 Å². The summed E-state index contributed by atoms with van der Waals surface area (Å²) in [6.45, 7) is 1.79. The van der Waals surface area contributed by atoms with Crippen LogP contribution in [-0.2, 0) is 0 Å². The normalized spacial score (nSPS) is 11.5. The van der Waals surface area contributed by atoms with Gasteiger partial charge in [-0.2, -0.15) is 0 Å². The first-order chi connectivity index (χ1) is 16.4. The molecule has 0 aliphatic heterocycles. The average Bonchev–Trinajstić information content (AvgIpc) is 2.86. The number of hydrogen-bond donors (Lipinski definition) is 2. The minimum Gasteiger partial charge on any atom is -0.478 e. The van der Waals surface area contributed by atoms with Crippen LogP contribution in [0.2, 0.25) is 5.02 Å². The fraction of sp³-hybridized carbons (Fsp3) is 0.0769. The Balaban J connectivity index is 1.51. The molecular formula is C26H20ClN3O4. The van der Waals surface area contributed by atoms with Gasteiger partial charge < -0.3 is 15.2 Å². The predicted octanol–water partition coefficient (Wildman–Crippen LogP) is 5.78. The van der Waals surface area contributed by atoms with Crippen molar-refractivity contribution in [2.75, 3.05) is 0 Å². The molecule has 8 heteroatoms. The Morgan fingerprint density at radius 3 is 2.38 bits per heavy atom. The number of benzene rings is 2. The molecule has 34 heavy (non-hydrogen) atoms. The van der Waals surface area contributed by atoms with Crippen LogP contribution in [0.4, 0.5) is 0 Å². The molecule has 0 aliphatic carbocycles. The van der Waals surface area contributed by atoms with Gasteiger partial charge in [0.2, 0.25) is 5.88 Å². The number of carboxylic acids is 1. The first-order valence-corrected chi connectivity index (χ1v) is 10.8. The molecule has 1 amide bonds. The molecule has 0 spiro atoms. The van der Waals surface area contributed by atoms with Gasteiger partial charge in [0.15, 0.2) is 0 Å². The highest BCUT2D eigenvalue weighted by atomic mass is 35.5. The van der Waals surface area contributed by atoms with E-state index in [4.69, 9.17) is 21.4 Å². The zero-order valence-corrected chi connectivity index (χ0v) is 18.9. The van der Waals surface area contributed by atoms with E-state index >= 15 is 0 Å². The summed E-state index contributed by atoms with van der Waals surface area (Å²) < 4.78 is 5.89. The molecule has 0 saturated heterocycles. The van der Waals surface area contributed by atoms with Crippen LogP contribution < -0.4 is 10.1 Å². The third-order valence-corrected chi connectivity index (χ3v) is 5.30. The van der Waals surface area contributed by atoms with E-state index < -0.39 is 11.9 Å². The van der Waals surface area contributed by atoms with E-state index in [9.17, 15) is 9.59 Å². The number of amides is 1. The second kappa shape index (κ2) is 10.1. The zero-order valence-electron chi connectivity index (χ0n) is 18.1. The van der Waals surface area contributed by atoms with Gasteiger partial charge >= 0.3 is 5.97 Å². The number of carbonyl (C=O) groups is 2. The largest absolute Gasteiger partial charge is 0.478 e. The van der Waals surface area contributed by atoms with E-state index in [-0.39, 0.29) is 23.0 Å². The second-order valence-electron chi connectivity index (χ2n) is 7.47. The molecular weight excluding hydrogens is 454 g/mol. The van der Waals surface area contributed by atoms with Gasteiger partial charge in [-0.25, -0.2) is 9.78 Å². The van der Waals surface area contributed by atoms with Crippen LogP contribution in [0.3, 0.4) is 0 Å². The number of aromatic carboxylic acids is 1.